The predicted octanol–water partition coefficient (Wildman–Crippen LogP) is 0.0213. The Labute approximate surface area is 25.1 Å². The summed E-state index contributed by atoms with van der Waals surface area (Å²) in [6.07, 6.45) is 1.92. The quantitative estimate of drug-likeness (QED) is 0.372. The molecule has 0 N–H and O–H groups in total. The van der Waals surface area contributed by atoms with Crippen LogP contribution in [0.3, 0.4) is 0 Å². The van der Waals surface area contributed by atoms with Crippen LogP contribution in [-0.4, -0.2) is 5.71 Å². The van der Waals surface area contributed by atoms with Crippen molar-refractivity contribution in [2.75, 3.05) is 0 Å². The Morgan fingerprint density at radius 3 is 1.75 bits per heavy atom. The third-order valence-electron chi connectivity index (χ3n) is 0.474. The lowest BCUT2D eigenvalue weighted by Gasteiger charge is -1.28. The van der Waals surface area contributed by atoms with Crippen molar-refractivity contribution in [3.8, 4) is 0 Å². The van der Waals surface area contributed by atoms with Crippen LogP contribution in [0, 0.1) is 0 Å². The third-order valence-corrected chi connectivity index (χ3v) is 0.474. The lowest BCUT2D eigenvalue weighted by Crippen LogP contribution is -1.51. The van der Waals surface area contributed by atoms with Gasteiger partial charge >= 0.3 is 0 Å². The Balaban J connectivity index is 2.60. The predicted molar refractivity (Wildman–Crippen MR) is 16.4 cm³/mol. The molecule has 1 heteroatoms. The molecule has 0 aromatic heterocycles. The van der Waals surface area contributed by atoms with E-state index in [1.165, 1.54) is 0 Å². The van der Waals surface area contributed by atoms with Crippen molar-refractivity contribution in [2.45, 2.75) is 12.8 Å². The van der Waals surface area contributed by atoms with Crippen LogP contribution in [0.4, 0.5) is 0 Å². The van der Waals surface area contributed by atoms with Crippen LogP contribution in [0.25, 0.3) is 0 Å². The van der Waals surface area contributed by atoms with E-state index in [-0.39, 0.29) is 0 Å². The van der Waals surface area contributed by atoms with Crippen molar-refractivity contribution >= 4 is 5.71 Å². The second-order valence-electron chi connectivity index (χ2n) is 1.07. The second kappa shape index (κ2) is 0.341. The van der Waals surface area contributed by atoms with E-state index in [2.05, 4.69) is 0 Å². The fraction of sp³-hybridized carbons (Fsp3) is 0.667. The maximum Gasteiger partial charge on any atom is 0.0413 e. The number of rotatable bonds is 0. The van der Waals surface area contributed by atoms with E-state index >= 15 is 0 Å². The number of nitrogens with zero attached hydrogens (tertiary/aromatic N) is 1. The summed E-state index contributed by atoms with van der Waals surface area (Å²) in [5.41, 5.74) is 0.667. The molecule has 0 aromatic carbocycles. The van der Waals surface area contributed by atoms with Gasteiger partial charge in [0.25, 0.3) is 0 Å². The molecule has 1 radical (unpaired) electrons. The monoisotopic (exact) mass is 54.0 g/mol. The summed E-state index contributed by atoms with van der Waals surface area (Å²) in [4.78, 5) is 0. The van der Waals surface area contributed by atoms with Gasteiger partial charge in [0.05, 0.1) is 0 Å². The average Bonchev–Trinajstić information content (AvgIpc) is 1.75. The van der Waals surface area contributed by atoms with Crippen LogP contribution >= 0.6 is 0 Å². The molecule has 4 heavy (non-hydrogen) atoms. The molecule has 0 aromatic rings. The van der Waals surface area contributed by atoms with Crippen LogP contribution in [-0.2, 0) is 0 Å². The van der Waals surface area contributed by atoms with Crippen LogP contribution in [0.2, 0.25) is 0 Å². The SMILES string of the molecule is [N]=C1CC1. The summed E-state index contributed by atoms with van der Waals surface area (Å²) >= 11 is 0. The highest BCUT2D eigenvalue weighted by Crippen LogP contribution is 2.07. The van der Waals surface area contributed by atoms with Gasteiger partial charge in [-0.3, -0.25) is 0 Å². The molecule has 0 atom stereocenters. The first-order valence-corrected chi connectivity index (χ1v) is 1.43. The van der Waals surface area contributed by atoms with Gasteiger partial charge in [-0.05, 0) is 12.8 Å². The van der Waals surface area contributed by atoms with E-state index in [4.69, 9.17) is 5.41 Å². The largest absolute Gasteiger partial charge is 0.160 e. The Bertz CT molecular complexity index is 41.2. The van der Waals surface area contributed by atoms with Gasteiger partial charge in [0.2, 0.25) is 0 Å². The van der Waals surface area contributed by atoms with Gasteiger partial charge in [0.1, 0.15) is 0 Å². The zero-order valence-corrected chi connectivity index (χ0v) is 2.36. The molecule has 0 heterocycles. The molecule has 1 fully saturated rings. The van der Waals surface area contributed by atoms with Crippen LogP contribution in [0.15, 0.2) is 0 Å². The molecular formula is C3H4N. The topological polar surface area (TPSA) is 22.3 Å². The van der Waals surface area contributed by atoms with Crippen molar-refractivity contribution in [3.63, 3.8) is 0 Å². The molecular weight excluding hydrogens is 50.0 g/mol. The maximum atomic E-state index is 8.08. The van der Waals surface area contributed by atoms with Crippen molar-refractivity contribution in [3.05, 3.63) is 0 Å². The van der Waals surface area contributed by atoms with Crippen LogP contribution in [0.5, 0.6) is 0 Å². The molecule has 0 saturated heterocycles. The molecule has 0 bridgehead atoms. The third kappa shape index (κ3) is 0.105. The highest BCUT2D eigenvalue weighted by Gasteiger charge is 2.09. The van der Waals surface area contributed by atoms with Crippen molar-refractivity contribution < 1.29 is 0 Å². The number of hydrogen-bond acceptors (Lipinski definition) is 0. The molecule has 21 valence electrons. The maximum absolute atomic E-state index is 8.08. The molecule has 1 aliphatic rings. The molecule has 0 amide bonds. The van der Waals surface area contributed by atoms with E-state index < -0.39 is 0 Å². The van der Waals surface area contributed by atoms with Gasteiger partial charge in [-0.25, -0.2) is 0 Å². The van der Waals surface area contributed by atoms with E-state index in [1.54, 1.807) is 0 Å². The molecule has 0 aliphatic heterocycles. The van der Waals surface area contributed by atoms with Crippen molar-refractivity contribution in [1.82, 2.24) is 5.41 Å². The van der Waals surface area contributed by atoms with Gasteiger partial charge in [-0.1, -0.05) is 0 Å². The van der Waals surface area contributed by atoms with Crippen molar-refractivity contribution in [2.24, 2.45) is 0 Å². The standard InChI is InChI=1S/C3H4N/c4-3-1-2-3/h1-2H2. The fourth-order valence-corrected chi connectivity index (χ4v) is 0.0559. The Morgan fingerprint density at radius 2 is 1.75 bits per heavy atom. The minimum atomic E-state index is 0.667. The summed E-state index contributed by atoms with van der Waals surface area (Å²) in [6.45, 7) is 0. The van der Waals surface area contributed by atoms with Gasteiger partial charge in [-0.15, -0.1) is 0 Å². The molecule has 1 aliphatic carbocycles. The van der Waals surface area contributed by atoms with E-state index in [0.29, 0.717) is 5.71 Å². The molecule has 1 saturated carbocycles. The summed E-state index contributed by atoms with van der Waals surface area (Å²) in [5, 5.41) is 8.08. The normalized spacial score (nSPS) is 21.5. The molecule has 0 spiro atoms. The zero-order valence-electron chi connectivity index (χ0n) is 2.36. The van der Waals surface area contributed by atoms with Gasteiger partial charge < -0.3 is 0 Å². The van der Waals surface area contributed by atoms with Gasteiger partial charge in [0.15, 0.2) is 0 Å². The van der Waals surface area contributed by atoms with E-state index in [0.717, 1.165) is 12.8 Å². The highest BCUT2D eigenvalue weighted by molar-refractivity contribution is 5.95. The summed E-state index contributed by atoms with van der Waals surface area (Å²) in [6, 6.07) is 0. The second-order valence-corrected chi connectivity index (χ2v) is 1.07. The fourth-order valence-electron chi connectivity index (χ4n) is 0.0559. The molecule has 0 unspecified atom stereocenters. The molecule has 1 rings (SSSR count). The Kier molecular flexibility index (Phi) is 0.166. The summed E-state index contributed by atoms with van der Waals surface area (Å²) in [7, 11) is 0. The van der Waals surface area contributed by atoms with Crippen molar-refractivity contribution in [1.29, 1.82) is 0 Å². The van der Waals surface area contributed by atoms with E-state index in [9.17, 15) is 0 Å². The number of hydrogen-bond donors (Lipinski definition) is 0. The van der Waals surface area contributed by atoms with Gasteiger partial charge in [0, 0.05) is 5.71 Å². The minimum Gasteiger partial charge on any atom is -0.160 e. The average molecular weight is 54.1 g/mol. The molecule has 1 nitrogen and oxygen atoms in total. The minimum absolute atomic E-state index is 0.667. The van der Waals surface area contributed by atoms with Crippen LogP contribution in [0.1, 0.15) is 12.8 Å². The highest BCUT2D eigenvalue weighted by atomic mass is 14.5. The Hall–Kier alpha value is -0.330. The summed E-state index contributed by atoms with van der Waals surface area (Å²) in [5.74, 6) is 0. The van der Waals surface area contributed by atoms with Crippen LogP contribution < -0.4 is 5.41 Å². The summed E-state index contributed by atoms with van der Waals surface area (Å²) < 4.78 is 0. The lowest BCUT2D eigenvalue weighted by molar-refractivity contribution is 1.50. The lowest BCUT2D eigenvalue weighted by atomic mass is 10.9. The smallest absolute Gasteiger partial charge is 0.0413 e. The van der Waals surface area contributed by atoms with E-state index in [1.807, 2.05) is 0 Å². The van der Waals surface area contributed by atoms with Gasteiger partial charge in [-0.2, -0.15) is 5.41 Å². The first kappa shape index (κ1) is 1.94. The zero-order chi connectivity index (χ0) is 2.99. The first-order valence-electron chi connectivity index (χ1n) is 1.43. The first-order chi connectivity index (χ1) is 1.89. The Morgan fingerprint density at radius 1 is 1.50 bits per heavy atom.